The van der Waals surface area contributed by atoms with E-state index in [-0.39, 0.29) is 0 Å². The fourth-order valence-electron chi connectivity index (χ4n) is 3.73. The highest BCUT2D eigenvalue weighted by Crippen LogP contribution is 2.38. The van der Waals surface area contributed by atoms with E-state index in [1.807, 2.05) is 0 Å². The van der Waals surface area contributed by atoms with Gasteiger partial charge in [-0.15, -0.1) is 0 Å². The number of hydrogen-bond donors (Lipinski definition) is 1. The van der Waals surface area contributed by atoms with Gasteiger partial charge in [-0.25, -0.2) is 0 Å². The van der Waals surface area contributed by atoms with E-state index in [2.05, 4.69) is 48.3 Å². The molecule has 0 aromatic heterocycles. The monoisotopic (exact) mass is 258 g/mol. The maximum absolute atomic E-state index is 3.58. The van der Waals surface area contributed by atoms with Crippen LogP contribution in [0.1, 0.15) is 32.3 Å². The topological polar surface area (TPSA) is 15.3 Å². The third-order valence-corrected chi connectivity index (χ3v) is 5.21. The average Bonchev–Trinajstić information content (AvgIpc) is 2.89. The van der Waals surface area contributed by atoms with Gasteiger partial charge in [-0.2, -0.15) is 0 Å². The number of fused-ring (bicyclic) bond motifs is 1. The van der Waals surface area contributed by atoms with Crippen molar-refractivity contribution in [1.82, 2.24) is 5.32 Å². The summed E-state index contributed by atoms with van der Waals surface area (Å²) in [5.74, 6) is 0.747. The first-order valence-corrected chi connectivity index (χ1v) is 7.75. The Balaban J connectivity index is 1.84. The zero-order valence-corrected chi connectivity index (χ0v) is 12.3. The smallest absolute Gasteiger partial charge is 0.0398 e. The lowest BCUT2D eigenvalue weighted by atomic mass is 9.75. The molecule has 2 heteroatoms. The molecule has 2 aliphatic heterocycles. The van der Waals surface area contributed by atoms with Crippen molar-refractivity contribution in [1.29, 1.82) is 0 Å². The van der Waals surface area contributed by atoms with Crippen molar-refractivity contribution in [2.45, 2.75) is 33.1 Å². The van der Waals surface area contributed by atoms with Crippen molar-refractivity contribution in [3.8, 4) is 0 Å². The summed E-state index contributed by atoms with van der Waals surface area (Å²) >= 11 is 0. The van der Waals surface area contributed by atoms with E-state index >= 15 is 0 Å². The molecule has 3 rings (SSSR count). The minimum Gasteiger partial charge on any atom is -0.371 e. The lowest BCUT2D eigenvalue weighted by Gasteiger charge is -2.41. The molecule has 1 saturated heterocycles. The molecule has 1 N–H and O–H groups in total. The van der Waals surface area contributed by atoms with E-state index in [1.165, 1.54) is 51.1 Å². The maximum atomic E-state index is 3.58. The van der Waals surface area contributed by atoms with E-state index in [4.69, 9.17) is 0 Å². The summed E-state index contributed by atoms with van der Waals surface area (Å²) in [5.41, 5.74) is 3.49. The van der Waals surface area contributed by atoms with Crippen molar-refractivity contribution >= 4 is 5.69 Å². The summed E-state index contributed by atoms with van der Waals surface area (Å²) in [6, 6.07) is 8.98. The van der Waals surface area contributed by atoms with Gasteiger partial charge in [0.05, 0.1) is 0 Å². The Kier molecular flexibility index (Phi) is 3.53. The van der Waals surface area contributed by atoms with Gasteiger partial charge < -0.3 is 10.2 Å². The number of para-hydroxylation sites is 1. The van der Waals surface area contributed by atoms with Crippen LogP contribution in [-0.4, -0.2) is 26.2 Å². The molecular weight excluding hydrogens is 232 g/mol. The predicted octanol–water partition coefficient (Wildman–Crippen LogP) is 3.07. The van der Waals surface area contributed by atoms with Crippen LogP contribution in [0.4, 0.5) is 5.69 Å². The summed E-state index contributed by atoms with van der Waals surface area (Å²) < 4.78 is 0. The first-order chi connectivity index (χ1) is 9.21. The van der Waals surface area contributed by atoms with Gasteiger partial charge in [0.15, 0.2) is 0 Å². The van der Waals surface area contributed by atoms with Crippen molar-refractivity contribution in [2.24, 2.45) is 11.3 Å². The van der Waals surface area contributed by atoms with E-state index < -0.39 is 0 Å². The summed E-state index contributed by atoms with van der Waals surface area (Å²) in [4.78, 5) is 2.64. The van der Waals surface area contributed by atoms with E-state index in [1.54, 1.807) is 5.56 Å². The van der Waals surface area contributed by atoms with Crippen LogP contribution in [0.5, 0.6) is 0 Å². The number of rotatable bonds is 3. The van der Waals surface area contributed by atoms with Gasteiger partial charge >= 0.3 is 0 Å². The second-order valence-electron chi connectivity index (χ2n) is 6.60. The zero-order valence-electron chi connectivity index (χ0n) is 12.3. The Morgan fingerprint density at radius 1 is 1.32 bits per heavy atom. The first-order valence-electron chi connectivity index (χ1n) is 7.75. The molecule has 1 fully saturated rings. The van der Waals surface area contributed by atoms with Crippen molar-refractivity contribution < 1.29 is 0 Å². The second-order valence-corrected chi connectivity index (χ2v) is 6.60. The van der Waals surface area contributed by atoms with Crippen LogP contribution in [0.15, 0.2) is 24.3 Å². The third kappa shape index (κ3) is 2.38. The molecule has 0 spiro atoms. The quantitative estimate of drug-likeness (QED) is 0.896. The van der Waals surface area contributed by atoms with E-state index in [0.29, 0.717) is 5.41 Å². The molecule has 1 atom stereocenters. The average molecular weight is 258 g/mol. The fourth-order valence-corrected chi connectivity index (χ4v) is 3.73. The van der Waals surface area contributed by atoms with E-state index in [0.717, 1.165) is 5.92 Å². The van der Waals surface area contributed by atoms with Crippen LogP contribution >= 0.6 is 0 Å². The number of benzene rings is 1. The molecule has 0 amide bonds. The third-order valence-electron chi connectivity index (χ3n) is 5.21. The number of hydrogen-bond acceptors (Lipinski definition) is 2. The van der Waals surface area contributed by atoms with Crippen LogP contribution < -0.4 is 10.2 Å². The number of aryl methyl sites for hydroxylation is 1. The Labute approximate surface area is 117 Å². The largest absolute Gasteiger partial charge is 0.371 e. The fraction of sp³-hybridized carbons (Fsp3) is 0.647. The summed E-state index contributed by atoms with van der Waals surface area (Å²) in [7, 11) is 0. The van der Waals surface area contributed by atoms with Crippen LogP contribution in [0.3, 0.4) is 0 Å². The van der Waals surface area contributed by atoms with Gasteiger partial charge in [0.1, 0.15) is 0 Å². The van der Waals surface area contributed by atoms with Gasteiger partial charge in [0, 0.05) is 30.7 Å². The summed E-state index contributed by atoms with van der Waals surface area (Å²) in [5, 5.41) is 3.58. The minimum absolute atomic E-state index is 0.463. The molecule has 2 heterocycles. The minimum atomic E-state index is 0.463. The highest BCUT2D eigenvalue weighted by atomic mass is 15.2. The Morgan fingerprint density at radius 2 is 2.16 bits per heavy atom. The SMILES string of the molecule is CC(C)C1(CN2CCCc3ccccc32)CCNC1. The number of anilines is 1. The lowest BCUT2D eigenvalue weighted by Crippen LogP contribution is -2.44. The highest BCUT2D eigenvalue weighted by molar-refractivity contribution is 5.55. The van der Waals surface area contributed by atoms with Crippen LogP contribution in [0, 0.1) is 11.3 Å². The molecule has 0 radical (unpaired) electrons. The van der Waals surface area contributed by atoms with Gasteiger partial charge in [-0.1, -0.05) is 32.0 Å². The summed E-state index contributed by atoms with van der Waals surface area (Å²) in [6.45, 7) is 9.60. The van der Waals surface area contributed by atoms with Crippen LogP contribution in [-0.2, 0) is 6.42 Å². The highest BCUT2D eigenvalue weighted by Gasteiger charge is 2.39. The molecule has 0 saturated carbocycles. The molecule has 0 aliphatic carbocycles. The first kappa shape index (κ1) is 13.0. The summed E-state index contributed by atoms with van der Waals surface area (Å²) in [6.07, 6.45) is 3.88. The van der Waals surface area contributed by atoms with Gasteiger partial charge in [-0.05, 0) is 43.4 Å². The van der Waals surface area contributed by atoms with Crippen LogP contribution in [0.25, 0.3) is 0 Å². The zero-order chi connectivity index (χ0) is 13.3. The molecule has 0 bridgehead atoms. The molecule has 104 valence electrons. The Bertz CT molecular complexity index is 433. The van der Waals surface area contributed by atoms with Gasteiger partial charge in [0.2, 0.25) is 0 Å². The lowest BCUT2D eigenvalue weighted by molar-refractivity contribution is 0.221. The number of nitrogens with zero attached hydrogens (tertiary/aromatic N) is 1. The molecule has 1 aromatic rings. The molecule has 2 aliphatic rings. The van der Waals surface area contributed by atoms with Gasteiger partial charge in [0.25, 0.3) is 0 Å². The van der Waals surface area contributed by atoms with Crippen LogP contribution in [0.2, 0.25) is 0 Å². The Hall–Kier alpha value is -1.02. The number of nitrogens with one attached hydrogen (secondary N) is 1. The molecule has 1 aromatic carbocycles. The Morgan fingerprint density at radius 3 is 2.89 bits per heavy atom. The van der Waals surface area contributed by atoms with Crippen molar-refractivity contribution in [2.75, 3.05) is 31.1 Å². The maximum Gasteiger partial charge on any atom is 0.0398 e. The molecule has 2 nitrogen and oxygen atoms in total. The van der Waals surface area contributed by atoms with Crippen molar-refractivity contribution in [3.63, 3.8) is 0 Å². The van der Waals surface area contributed by atoms with E-state index in [9.17, 15) is 0 Å². The van der Waals surface area contributed by atoms with Crippen molar-refractivity contribution in [3.05, 3.63) is 29.8 Å². The standard InChI is InChI=1S/C17H26N2/c1-14(2)17(9-10-18-12-17)13-19-11-5-7-15-6-3-4-8-16(15)19/h3-4,6,8,14,18H,5,7,9-13H2,1-2H3. The normalized spacial score (nSPS) is 26.8. The molecule has 19 heavy (non-hydrogen) atoms. The molecular formula is C17H26N2. The van der Waals surface area contributed by atoms with Gasteiger partial charge in [-0.3, -0.25) is 0 Å². The second kappa shape index (κ2) is 5.16. The predicted molar refractivity (Wildman–Crippen MR) is 81.7 cm³/mol. The molecule has 1 unspecified atom stereocenters.